The summed E-state index contributed by atoms with van der Waals surface area (Å²) in [7, 11) is -2.10. The van der Waals surface area contributed by atoms with E-state index >= 15 is 0 Å². The summed E-state index contributed by atoms with van der Waals surface area (Å²) in [6.45, 7) is 2.45. The van der Waals surface area contributed by atoms with Gasteiger partial charge in [-0.2, -0.15) is 8.42 Å². The lowest BCUT2D eigenvalue weighted by Gasteiger charge is -2.11. The maximum Gasteiger partial charge on any atom is 0.281 e. The highest BCUT2D eigenvalue weighted by Gasteiger charge is 2.19. The van der Waals surface area contributed by atoms with Crippen molar-refractivity contribution in [2.45, 2.75) is 11.9 Å². The average Bonchev–Trinajstić information content (AvgIpc) is 2.49. The fourth-order valence-electron chi connectivity index (χ4n) is 1.78. The van der Waals surface area contributed by atoms with Crippen LogP contribution in [-0.4, -0.2) is 27.1 Å². The van der Waals surface area contributed by atoms with E-state index in [1.54, 1.807) is 43.4 Å². The first kappa shape index (κ1) is 15.1. The number of benzene rings is 1. The number of anilines is 2. The van der Waals surface area contributed by atoms with E-state index in [4.69, 9.17) is 4.74 Å². The number of nitrogens with zero attached hydrogens (tertiary/aromatic N) is 1. The zero-order chi connectivity index (χ0) is 15.3. The second-order valence-corrected chi connectivity index (χ2v) is 5.77. The van der Waals surface area contributed by atoms with Crippen LogP contribution >= 0.6 is 0 Å². The molecule has 0 radical (unpaired) electrons. The van der Waals surface area contributed by atoms with E-state index in [0.29, 0.717) is 23.7 Å². The molecule has 0 aliphatic heterocycles. The summed E-state index contributed by atoms with van der Waals surface area (Å²) in [6.07, 6.45) is 1.44. The van der Waals surface area contributed by atoms with E-state index < -0.39 is 10.0 Å². The van der Waals surface area contributed by atoms with Gasteiger partial charge in [-0.1, -0.05) is 0 Å². The average molecular weight is 307 g/mol. The van der Waals surface area contributed by atoms with Crippen molar-refractivity contribution in [3.05, 3.63) is 42.6 Å². The van der Waals surface area contributed by atoms with Crippen molar-refractivity contribution in [3.8, 4) is 5.75 Å². The van der Waals surface area contributed by atoms with Crippen LogP contribution in [0.25, 0.3) is 0 Å². The minimum Gasteiger partial charge on any atom is -0.494 e. The predicted octanol–water partition coefficient (Wildman–Crippen LogP) is 2.32. The molecular weight excluding hydrogens is 290 g/mol. The van der Waals surface area contributed by atoms with E-state index in [-0.39, 0.29) is 5.03 Å². The van der Waals surface area contributed by atoms with Crippen LogP contribution in [0.4, 0.5) is 11.4 Å². The summed E-state index contributed by atoms with van der Waals surface area (Å²) in [5.74, 6) is 0.689. The topological polar surface area (TPSA) is 80.3 Å². The van der Waals surface area contributed by atoms with Crippen molar-refractivity contribution in [1.82, 2.24) is 4.98 Å². The summed E-state index contributed by atoms with van der Waals surface area (Å²) in [4.78, 5) is 3.93. The summed E-state index contributed by atoms with van der Waals surface area (Å²) < 4.78 is 32.5. The molecule has 1 aromatic carbocycles. The molecule has 0 saturated heterocycles. The van der Waals surface area contributed by atoms with Crippen LogP contribution in [0.2, 0.25) is 0 Å². The van der Waals surface area contributed by atoms with Crippen LogP contribution in [0, 0.1) is 0 Å². The van der Waals surface area contributed by atoms with Gasteiger partial charge in [0.05, 0.1) is 12.3 Å². The lowest BCUT2D eigenvalue weighted by Crippen LogP contribution is -2.16. The van der Waals surface area contributed by atoms with Gasteiger partial charge in [-0.05, 0) is 43.3 Å². The third-order valence-corrected chi connectivity index (χ3v) is 4.05. The predicted molar refractivity (Wildman–Crippen MR) is 82.2 cm³/mol. The summed E-state index contributed by atoms with van der Waals surface area (Å²) in [6, 6.07) is 10.0. The van der Waals surface area contributed by atoms with Crippen molar-refractivity contribution >= 4 is 21.4 Å². The van der Waals surface area contributed by atoms with E-state index in [0.717, 1.165) is 0 Å². The summed E-state index contributed by atoms with van der Waals surface area (Å²) >= 11 is 0. The fraction of sp³-hybridized carbons (Fsp3) is 0.214. The highest BCUT2D eigenvalue weighted by molar-refractivity contribution is 7.92. The molecule has 0 amide bonds. The Balaban J connectivity index is 2.24. The summed E-state index contributed by atoms with van der Waals surface area (Å²) in [5, 5.41) is 2.77. The molecule has 0 aliphatic rings. The summed E-state index contributed by atoms with van der Waals surface area (Å²) in [5.41, 5.74) is 0.891. The van der Waals surface area contributed by atoms with Crippen molar-refractivity contribution in [1.29, 1.82) is 0 Å². The van der Waals surface area contributed by atoms with Gasteiger partial charge in [-0.15, -0.1) is 0 Å². The Morgan fingerprint density at radius 1 is 1.19 bits per heavy atom. The number of nitrogens with one attached hydrogen (secondary N) is 2. The van der Waals surface area contributed by atoms with Crippen LogP contribution in [0.1, 0.15) is 6.92 Å². The molecule has 2 aromatic rings. The van der Waals surface area contributed by atoms with Crippen LogP contribution in [0.5, 0.6) is 5.75 Å². The van der Waals surface area contributed by atoms with E-state index in [1.807, 2.05) is 6.92 Å². The van der Waals surface area contributed by atoms with Gasteiger partial charge in [0.15, 0.2) is 5.03 Å². The standard InChI is InChI=1S/C14H17N3O3S/c1-3-20-12-8-6-11(7-9-12)17-21(18,19)14-13(15-2)5-4-10-16-14/h4-10,15,17H,3H2,1-2H3. The number of ether oxygens (including phenoxy) is 1. The Bertz CT molecular complexity index is 700. The van der Waals surface area contributed by atoms with Crippen molar-refractivity contribution in [2.24, 2.45) is 0 Å². The molecule has 2 N–H and O–H groups in total. The van der Waals surface area contributed by atoms with Gasteiger partial charge in [-0.25, -0.2) is 4.98 Å². The molecule has 112 valence electrons. The molecule has 0 aliphatic carbocycles. The van der Waals surface area contributed by atoms with E-state index in [9.17, 15) is 8.42 Å². The van der Waals surface area contributed by atoms with Crippen molar-refractivity contribution in [3.63, 3.8) is 0 Å². The lowest BCUT2D eigenvalue weighted by atomic mass is 10.3. The number of aromatic nitrogens is 1. The molecular formula is C14H17N3O3S. The van der Waals surface area contributed by atoms with Crippen LogP contribution in [-0.2, 0) is 10.0 Å². The quantitative estimate of drug-likeness (QED) is 0.856. The first-order chi connectivity index (χ1) is 10.1. The number of rotatable bonds is 6. The molecule has 0 spiro atoms. The van der Waals surface area contributed by atoms with Gasteiger partial charge in [-0.3, -0.25) is 4.72 Å². The molecule has 0 fully saturated rings. The second kappa shape index (κ2) is 6.45. The van der Waals surface area contributed by atoms with Crippen molar-refractivity contribution in [2.75, 3.05) is 23.7 Å². The molecule has 0 atom stereocenters. The normalized spacial score (nSPS) is 11.0. The Labute approximate surface area is 124 Å². The first-order valence-corrected chi connectivity index (χ1v) is 7.93. The zero-order valence-corrected chi connectivity index (χ0v) is 12.6. The third-order valence-electron chi connectivity index (χ3n) is 2.71. The lowest BCUT2D eigenvalue weighted by molar-refractivity contribution is 0.340. The Morgan fingerprint density at radius 2 is 1.90 bits per heavy atom. The molecule has 0 bridgehead atoms. The van der Waals surface area contributed by atoms with Crippen LogP contribution in [0.3, 0.4) is 0 Å². The molecule has 1 heterocycles. The van der Waals surface area contributed by atoms with Crippen LogP contribution < -0.4 is 14.8 Å². The fourth-order valence-corrected chi connectivity index (χ4v) is 2.99. The monoisotopic (exact) mass is 307 g/mol. The molecule has 21 heavy (non-hydrogen) atoms. The number of pyridine rings is 1. The first-order valence-electron chi connectivity index (χ1n) is 6.45. The molecule has 1 aromatic heterocycles. The maximum absolute atomic E-state index is 12.3. The SMILES string of the molecule is CCOc1ccc(NS(=O)(=O)c2ncccc2NC)cc1. The Kier molecular flexibility index (Phi) is 4.64. The molecule has 0 unspecified atom stereocenters. The molecule has 2 rings (SSSR count). The maximum atomic E-state index is 12.3. The Morgan fingerprint density at radius 3 is 2.52 bits per heavy atom. The molecule has 0 saturated carbocycles. The number of sulfonamides is 1. The Hall–Kier alpha value is -2.28. The van der Waals surface area contributed by atoms with Gasteiger partial charge >= 0.3 is 0 Å². The van der Waals surface area contributed by atoms with E-state index in [1.165, 1.54) is 6.20 Å². The minimum absolute atomic E-state index is 0.0404. The molecule has 7 heteroatoms. The van der Waals surface area contributed by atoms with Crippen LogP contribution in [0.15, 0.2) is 47.6 Å². The van der Waals surface area contributed by atoms with Gasteiger partial charge < -0.3 is 10.1 Å². The number of hydrogen-bond donors (Lipinski definition) is 2. The van der Waals surface area contributed by atoms with E-state index in [2.05, 4.69) is 15.0 Å². The zero-order valence-electron chi connectivity index (χ0n) is 11.8. The molecule has 6 nitrogen and oxygen atoms in total. The van der Waals surface area contributed by atoms with Gasteiger partial charge in [0.2, 0.25) is 0 Å². The van der Waals surface area contributed by atoms with Gasteiger partial charge in [0.25, 0.3) is 10.0 Å². The van der Waals surface area contributed by atoms with Gasteiger partial charge in [0, 0.05) is 18.9 Å². The van der Waals surface area contributed by atoms with Crippen molar-refractivity contribution < 1.29 is 13.2 Å². The third kappa shape index (κ3) is 3.63. The number of hydrogen-bond acceptors (Lipinski definition) is 5. The smallest absolute Gasteiger partial charge is 0.281 e. The second-order valence-electron chi connectivity index (χ2n) is 4.17. The minimum atomic E-state index is -3.75. The highest BCUT2D eigenvalue weighted by Crippen LogP contribution is 2.22. The highest BCUT2D eigenvalue weighted by atomic mass is 32.2. The largest absolute Gasteiger partial charge is 0.494 e. The van der Waals surface area contributed by atoms with Gasteiger partial charge in [0.1, 0.15) is 5.75 Å².